The lowest BCUT2D eigenvalue weighted by atomic mass is 9.94. The fourth-order valence-corrected chi connectivity index (χ4v) is 13.1. The van der Waals surface area contributed by atoms with Crippen LogP contribution in [0, 0.1) is 11.8 Å². The minimum absolute atomic E-state index is 0.830. The van der Waals surface area contributed by atoms with Crippen molar-refractivity contribution in [3.05, 3.63) is 24.3 Å². The van der Waals surface area contributed by atoms with Gasteiger partial charge < -0.3 is 4.12 Å². The van der Waals surface area contributed by atoms with E-state index in [9.17, 15) is 0 Å². The van der Waals surface area contributed by atoms with E-state index < -0.39 is 16.6 Å². The Balaban J connectivity index is 1.74. The molecule has 2 rings (SSSR count). The van der Waals surface area contributed by atoms with Gasteiger partial charge in [-0.1, -0.05) is 24.3 Å². The quantitative estimate of drug-likeness (QED) is 0.341. The molecule has 2 atom stereocenters. The Labute approximate surface area is 146 Å². The molecule has 23 heavy (non-hydrogen) atoms. The molecule has 0 aromatic rings. The second kappa shape index (κ2) is 8.82. The molecule has 0 aliphatic heterocycles. The van der Waals surface area contributed by atoms with Gasteiger partial charge in [0, 0.05) is 0 Å². The topological polar surface area (TPSA) is 9.23 Å². The van der Waals surface area contributed by atoms with Gasteiger partial charge in [-0.15, -0.1) is 0 Å². The van der Waals surface area contributed by atoms with Crippen molar-refractivity contribution < 1.29 is 4.12 Å². The molecule has 2 unspecified atom stereocenters. The van der Waals surface area contributed by atoms with E-state index in [1.807, 2.05) is 0 Å². The number of allylic oxidation sites excluding steroid dienone is 4. The molecule has 0 N–H and O–H groups in total. The van der Waals surface area contributed by atoms with E-state index in [1.54, 1.807) is 0 Å². The zero-order valence-corrected chi connectivity index (χ0v) is 17.9. The van der Waals surface area contributed by atoms with Crippen molar-refractivity contribution in [1.29, 1.82) is 0 Å². The van der Waals surface area contributed by atoms with Crippen LogP contribution in [0.25, 0.3) is 0 Å². The summed E-state index contributed by atoms with van der Waals surface area (Å²) in [5, 5.41) is 0. The van der Waals surface area contributed by atoms with E-state index in [0.29, 0.717) is 0 Å². The summed E-state index contributed by atoms with van der Waals surface area (Å²) in [6.45, 7) is 9.81. The van der Waals surface area contributed by atoms with Crippen LogP contribution in [-0.4, -0.2) is 16.6 Å². The zero-order valence-electron chi connectivity index (χ0n) is 15.9. The monoisotopic (exact) mass is 350 g/mol. The van der Waals surface area contributed by atoms with Crippen molar-refractivity contribution in [3.63, 3.8) is 0 Å². The minimum atomic E-state index is -1.50. The third kappa shape index (κ3) is 7.53. The first kappa shape index (κ1) is 19.2. The summed E-state index contributed by atoms with van der Waals surface area (Å²) >= 11 is 0. The third-order valence-electron chi connectivity index (χ3n) is 5.49. The van der Waals surface area contributed by atoms with E-state index >= 15 is 0 Å². The maximum absolute atomic E-state index is 6.84. The molecular weight excluding hydrogens is 312 g/mol. The third-order valence-corrected chi connectivity index (χ3v) is 12.9. The summed E-state index contributed by atoms with van der Waals surface area (Å²) in [4.78, 5) is 0. The van der Waals surface area contributed by atoms with E-state index in [4.69, 9.17) is 4.12 Å². The molecule has 2 aliphatic rings. The lowest BCUT2D eigenvalue weighted by Gasteiger charge is -2.35. The second-order valence-corrected chi connectivity index (χ2v) is 17.8. The van der Waals surface area contributed by atoms with Gasteiger partial charge in [-0.3, -0.25) is 0 Å². The van der Waals surface area contributed by atoms with Crippen molar-refractivity contribution in [2.75, 3.05) is 0 Å². The summed E-state index contributed by atoms with van der Waals surface area (Å²) < 4.78 is 6.84. The molecule has 0 aromatic carbocycles. The second-order valence-electron chi connectivity index (χ2n) is 8.94. The molecule has 0 heterocycles. The van der Waals surface area contributed by atoms with Crippen LogP contribution in [0.5, 0.6) is 0 Å². The van der Waals surface area contributed by atoms with Gasteiger partial charge in [-0.25, -0.2) is 0 Å². The lowest BCUT2D eigenvalue weighted by Crippen LogP contribution is -2.44. The van der Waals surface area contributed by atoms with Crippen LogP contribution in [0.4, 0.5) is 0 Å². The van der Waals surface area contributed by atoms with Gasteiger partial charge in [0.2, 0.25) is 0 Å². The Bertz CT molecular complexity index is 374. The van der Waals surface area contributed by atoms with Crippen molar-refractivity contribution >= 4 is 16.6 Å². The maximum Gasteiger partial charge on any atom is 0.173 e. The molecule has 0 saturated heterocycles. The van der Waals surface area contributed by atoms with Crippen molar-refractivity contribution in [2.45, 2.75) is 89.6 Å². The van der Waals surface area contributed by atoms with Crippen molar-refractivity contribution in [3.8, 4) is 0 Å². The average Bonchev–Trinajstić information content (AvgIpc) is 2.52. The summed E-state index contributed by atoms with van der Waals surface area (Å²) in [5.74, 6) is 1.66. The molecule has 0 saturated carbocycles. The lowest BCUT2D eigenvalue weighted by molar-refractivity contribution is 0.478. The van der Waals surface area contributed by atoms with Crippen molar-refractivity contribution in [2.24, 2.45) is 11.8 Å². The smallest absolute Gasteiger partial charge is 0.173 e. The predicted octanol–water partition coefficient (Wildman–Crippen LogP) is 6.91. The molecule has 0 spiro atoms. The SMILES string of the molecule is C[Si](C)(CCC1C=CCCC1)O[Si](C)(C)CCC1C=CCCC1. The summed E-state index contributed by atoms with van der Waals surface area (Å²) in [5.41, 5.74) is 0. The minimum Gasteiger partial charge on any atom is -0.455 e. The van der Waals surface area contributed by atoms with Gasteiger partial charge in [0.05, 0.1) is 0 Å². The Hall–Kier alpha value is -0.126. The first-order chi connectivity index (χ1) is 10.9. The Morgan fingerprint density at radius 3 is 1.57 bits per heavy atom. The molecule has 132 valence electrons. The fraction of sp³-hybridized carbons (Fsp3) is 0.800. The van der Waals surface area contributed by atoms with Crippen LogP contribution >= 0.6 is 0 Å². The van der Waals surface area contributed by atoms with Crippen molar-refractivity contribution in [1.82, 2.24) is 0 Å². The molecule has 0 fully saturated rings. The van der Waals surface area contributed by atoms with Gasteiger partial charge in [-0.2, -0.15) is 0 Å². The number of hydrogen-bond acceptors (Lipinski definition) is 1. The van der Waals surface area contributed by atoms with E-state index in [0.717, 1.165) is 11.8 Å². The normalized spacial score (nSPS) is 25.7. The van der Waals surface area contributed by atoms with Crippen LogP contribution in [0.15, 0.2) is 24.3 Å². The van der Waals surface area contributed by atoms with Crippen LogP contribution in [-0.2, 0) is 4.12 Å². The van der Waals surface area contributed by atoms with Gasteiger partial charge in [0.15, 0.2) is 16.6 Å². The van der Waals surface area contributed by atoms with Crippen LogP contribution in [0.2, 0.25) is 38.3 Å². The van der Waals surface area contributed by atoms with Crippen LogP contribution < -0.4 is 0 Å². The molecule has 1 nitrogen and oxygen atoms in total. The highest BCUT2D eigenvalue weighted by Crippen LogP contribution is 2.31. The van der Waals surface area contributed by atoms with Gasteiger partial charge in [-0.05, 0) is 101 Å². The first-order valence-electron chi connectivity index (χ1n) is 9.90. The fourth-order valence-electron chi connectivity index (χ4n) is 4.16. The number of rotatable bonds is 8. The predicted molar refractivity (Wildman–Crippen MR) is 108 cm³/mol. The molecular formula is C20H38OSi2. The van der Waals surface area contributed by atoms with E-state index in [2.05, 4.69) is 50.5 Å². The largest absolute Gasteiger partial charge is 0.455 e. The van der Waals surface area contributed by atoms with Gasteiger partial charge in [0.25, 0.3) is 0 Å². The first-order valence-corrected chi connectivity index (χ1v) is 16.1. The summed E-state index contributed by atoms with van der Waals surface area (Å²) in [7, 11) is -3.00. The van der Waals surface area contributed by atoms with Gasteiger partial charge >= 0.3 is 0 Å². The van der Waals surface area contributed by atoms with E-state index in [-0.39, 0.29) is 0 Å². The Morgan fingerprint density at radius 1 is 0.783 bits per heavy atom. The Kier molecular flexibility index (Phi) is 7.36. The highest BCUT2D eigenvalue weighted by atomic mass is 28.4. The molecule has 3 heteroatoms. The zero-order chi connectivity index (χ0) is 16.8. The van der Waals surface area contributed by atoms with Crippen LogP contribution in [0.3, 0.4) is 0 Å². The Morgan fingerprint density at radius 2 is 1.22 bits per heavy atom. The van der Waals surface area contributed by atoms with E-state index in [1.165, 1.54) is 63.5 Å². The molecule has 0 bridgehead atoms. The number of hydrogen-bond donors (Lipinski definition) is 0. The molecule has 0 radical (unpaired) electrons. The molecule has 0 amide bonds. The summed E-state index contributed by atoms with van der Waals surface area (Å²) in [6, 6.07) is 2.67. The molecule has 2 aliphatic carbocycles. The summed E-state index contributed by atoms with van der Waals surface area (Å²) in [6.07, 6.45) is 20.6. The maximum atomic E-state index is 6.84. The highest BCUT2D eigenvalue weighted by molar-refractivity contribution is 6.84. The standard InChI is InChI=1S/C20H38OSi2/c1-22(2,17-15-19-11-7-5-8-12-19)21-23(3,4)18-16-20-13-9-6-10-14-20/h7,9,11,13,19-20H,5-6,8,10,12,14-18H2,1-4H3. The highest BCUT2D eigenvalue weighted by Gasteiger charge is 2.33. The van der Waals surface area contributed by atoms with Gasteiger partial charge in [0.1, 0.15) is 0 Å². The van der Waals surface area contributed by atoms with Crippen LogP contribution in [0.1, 0.15) is 51.4 Å². The average molecular weight is 351 g/mol. The molecule has 0 aromatic heterocycles.